The first kappa shape index (κ1) is 19.4. The molecule has 2 N–H and O–H groups in total. The molecule has 3 aromatic rings. The number of carbonyl (C=O) groups excluding carboxylic acids is 2. The summed E-state index contributed by atoms with van der Waals surface area (Å²) in [5, 5.41) is 6.28. The van der Waals surface area contributed by atoms with Crippen LogP contribution < -0.4 is 15.4 Å². The minimum Gasteiger partial charge on any atom is -0.495 e. The number of halogens is 1. The van der Waals surface area contributed by atoms with Crippen LogP contribution in [0.15, 0.2) is 60.8 Å². The number of Topliss-reactive ketones (excluding diaryl/α,β-unsaturated/α-hetero) is 1. The number of amides is 1. The van der Waals surface area contributed by atoms with Gasteiger partial charge in [-0.3, -0.25) is 9.59 Å². The summed E-state index contributed by atoms with van der Waals surface area (Å²) in [5.41, 5.74) is 2.30. The Labute approximate surface area is 167 Å². The Morgan fingerprint density at radius 1 is 1.00 bits per heavy atom. The molecule has 1 aromatic heterocycles. The summed E-state index contributed by atoms with van der Waals surface area (Å²) in [6.45, 7) is 1.51. The minimum absolute atomic E-state index is 0.0118. The summed E-state index contributed by atoms with van der Waals surface area (Å²) in [4.78, 5) is 28.1. The fraction of sp³-hybridized carbons (Fsp3) is 0.0952. The Kier molecular flexibility index (Phi) is 5.91. The van der Waals surface area contributed by atoms with Crippen molar-refractivity contribution in [1.82, 2.24) is 4.98 Å². The van der Waals surface area contributed by atoms with Crippen LogP contribution >= 0.6 is 11.6 Å². The second kappa shape index (κ2) is 8.54. The van der Waals surface area contributed by atoms with Crippen molar-refractivity contribution >= 4 is 40.5 Å². The van der Waals surface area contributed by atoms with Crippen LogP contribution in [0.2, 0.25) is 5.02 Å². The van der Waals surface area contributed by atoms with E-state index in [1.54, 1.807) is 48.5 Å². The summed E-state index contributed by atoms with van der Waals surface area (Å²) in [6, 6.07) is 15.5. The molecule has 0 aliphatic carbocycles. The van der Waals surface area contributed by atoms with Crippen LogP contribution in [0.1, 0.15) is 27.6 Å². The van der Waals surface area contributed by atoms with E-state index in [0.717, 1.165) is 5.69 Å². The van der Waals surface area contributed by atoms with Gasteiger partial charge in [-0.2, -0.15) is 0 Å². The summed E-state index contributed by atoms with van der Waals surface area (Å²) < 4.78 is 5.09. The molecule has 7 heteroatoms. The van der Waals surface area contributed by atoms with Crippen LogP contribution in [-0.4, -0.2) is 23.8 Å². The van der Waals surface area contributed by atoms with Crippen LogP contribution in [0, 0.1) is 0 Å². The lowest BCUT2D eigenvalue weighted by Gasteiger charge is -2.09. The number of benzene rings is 2. The number of hydrogen-bond acceptors (Lipinski definition) is 5. The van der Waals surface area contributed by atoms with Gasteiger partial charge in [0.1, 0.15) is 11.6 Å². The Morgan fingerprint density at radius 3 is 2.46 bits per heavy atom. The van der Waals surface area contributed by atoms with Gasteiger partial charge in [-0.25, -0.2) is 4.98 Å². The van der Waals surface area contributed by atoms with Crippen LogP contribution in [-0.2, 0) is 0 Å². The third kappa shape index (κ3) is 4.66. The molecule has 0 fully saturated rings. The van der Waals surface area contributed by atoms with E-state index in [-0.39, 0.29) is 11.7 Å². The fourth-order valence-corrected chi connectivity index (χ4v) is 2.77. The van der Waals surface area contributed by atoms with Crippen LogP contribution in [0.5, 0.6) is 5.75 Å². The molecule has 2 aromatic carbocycles. The summed E-state index contributed by atoms with van der Waals surface area (Å²) >= 11 is 6.07. The van der Waals surface area contributed by atoms with Crippen molar-refractivity contribution in [1.29, 1.82) is 0 Å². The van der Waals surface area contributed by atoms with Crippen molar-refractivity contribution in [3.63, 3.8) is 0 Å². The van der Waals surface area contributed by atoms with E-state index in [1.165, 1.54) is 20.2 Å². The molecule has 1 amide bonds. The van der Waals surface area contributed by atoms with E-state index in [1.807, 2.05) is 6.07 Å². The second-order valence-corrected chi connectivity index (χ2v) is 6.40. The molecule has 3 rings (SSSR count). The monoisotopic (exact) mass is 395 g/mol. The Balaban J connectivity index is 1.68. The zero-order valence-electron chi connectivity index (χ0n) is 15.3. The van der Waals surface area contributed by atoms with Gasteiger partial charge in [-0.1, -0.05) is 23.7 Å². The van der Waals surface area contributed by atoms with Crippen LogP contribution in [0.25, 0.3) is 0 Å². The molecule has 0 spiro atoms. The van der Waals surface area contributed by atoms with Gasteiger partial charge in [-0.15, -0.1) is 0 Å². The maximum Gasteiger partial charge on any atom is 0.257 e. The first-order valence-electron chi connectivity index (χ1n) is 8.45. The second-order valence-electron chi connectivity index (χ2n) is 6.00. The third-order valence-electron chi connectivity index (χ3n) is 3.98. The van der Waals surface area contributed by atoms with E-state index in [9.17, 15) is 9.59 Å². The SMILES string of the molecule is COc1ccc(NC(=O)c2ccc(Nc3cccc(C(C)=O)c3)nc2)cc1Cl. The van der Waals surface area contributed by atoms with Gasteiger partial charge in [0.05, 0.1) is 17.7 Å². The minimum atomic E-state index is -0.307. The van der Waals surface area contributed by atoms with Gasteiger partial charge in [-0.05, 0) is 49.4 Å². The first-order chi connectivity index (χ1) is 13.5. The summed E-state index contributed by atoms with van der Waals surface area (Å²) in [5.74, 6) is 0.775. The zero-order valence-corrected chi connectivity index (χ0v) is 16.1. The van der Waals surface area contributed by atoms with Gasteiger partial charge in [0.15, 0.2) is 5.78 Å². The van der Waals surface area contributed by atoms with Gasteiger partial charge in [0.2, 0.25) is 0 Å². The number of hydrogen-bond donors (Lipinski definition) is 2. The van der Waals surface area contributed by atoms with E-state index in [2.05, 4.69) is 15.6 Å². The molecular weight excluding hydrogens is 378 g/mol. The number of aromatic nitrogens is 1. The lowest BCUT2D eigenvalue weighted by molar-refractivity contribution is 0.101. The molecule has 0 saturated carbocycles. The lowest BCUT2D eigenvalue weighted by Crippen LogP contribution is -2.12. The molecule has 1 heterocycles. The highest BCUT2D eigenvalue weighted by Crippen LogP contribution is 2.27. The molecule has 0 saturated heterocycles. The normalized spacial score (nSPS) is 10.2. The average Bonchev–Trinajstić information content (AvgIpc) is 2.69. The zero-order chi connectivity index (χ0) is 20.1. The van der Waals surface area contributed by atoms with Crippen molar-refractivity contribution in [2.24, 2.45) is 0 Å². The fourth-order valence-electron chi connectivity index (χ4n) is 2.51. The molecular formula is C21H18ClN3O3. The molecule has 0 unspecified atom stereocenters. The molecule has 0 aliphatic heterocycles. The number of pyridine rings is 1. The highest BCUT2D eigenvalue weighted by atomic mass is 35.5. The van der Waals surface area contributed by atoms with Crippen LogP contribution in [0.4, 0.5) is 17.2 Å². The van der Waals surface area contributed by atoms with E-state index < -0.39 is 0 Å². The van der Waals surface area contributed by atoms with Crippen LogP contribution in [0.3, 0.4) is 0 Å². The van der Waals surface area contributed by atoms with E-state index in [0.29, 0.717) is 33.4 Å². The predicted molar refractivity (Wildman–Crippen MR) is 110 cm³/mol. The van der Waals surface area contributed by atoms with Crippen molar-refractivity contribution < 1.29 is 14.3 Å². The van der Waals surface area contributed by atoms with E-state index in [4.69, 9.17) is 16.3 Å². The van der Waals surface area contributed by atoms with Crippen molar-refractivity contribution in [3.8, 4) is 5.75 Å². The van der Waals surface area contributed by atoms with Crippen molar-refractivity contribution in [2.45, 2.75) is 6.92 Å². The highest BCUT2D eigenvalue weighted by Gasteiger charge is 2.09. The van der Waals surface area contributed by atoms with Gasteiger partial charge in [0, 0.05) is 23.1 Å². The molecule has 142 valence electrons. The Hall–Kier alpha value is -3.38. The standard InChI is InChI=1S/C21H18ClN3O3/c1-13(26)14-4-3-5-16(10-14)24-20-9-6-15(12-23-20)21(27)25-17-7-8-19(28-2)18(22)11-17/h3-12H,1-2H3,(H,23,24)(H,25,27). The van der Waals surface area contributed by atoms with Gasteiger partial charge >= 0.3 is 0 Å². The number of ketones is 1. The first-order valence-corrected chi connectivity index (χ1v) is 8.83. The largest absolute Gasteiger partial charge is 0.495 e. The number of carbonyl (C=O) groups is 2. The molecule has 6 nitrogen and oxygen atoms in total. The highest BCUT2D eigenvalue weighted by molar-refractivity contribution is 6.32. The molecule has 0 aliphatic rings. The number of methoxy groups -OCH3 is 1. The van der Waals surface area contributed by atoms with Gasteiger partial charge < -0.3 is 15.4 Å². The topological polar surface area (TPSA) is 80.3 Å². The average molecular weight is 396 g/mol. The van der Waals surface area contributed by atoms with Gasteiger partial charge in [0.25, 0.3) is 5.91 Å². The van der Waals surface area contributed by atoms with Crippen molar-refractivity contribution in [3.05, 3.63) is 76.9 Å². The Bertz CT molecular complexity index is 1020. The predicted octanol–water partition coefficient (Wildman–Crippen LogP) is 4.94. The number of nitrogens with one attached hydrogen (secondary N) is 2. The van der Waals surface area contributed by atoms with E-state index >= 15 is 0 Å². The van der Waals surface area contributed by atoms with Crippen molar-refractivity contribution in [2.75, 3.05) is 17.7 Å². The Morgan fingerprint density at radius 2 is 1.82 bits per heavy atom. The maximum atomic E-state index is 12.4. The molecule has 0 atom stereocenters. The number of anilines is 3. The molecule has 0 radical (unpaired) electrons. The molecule has 0 bridgehead atoms. The quantitative estimate of drug-likeness (QED) is 0.577. The summed E-state index contributed by atoms with van der Waals surface area (Å²) in [7, 11) is 1.52. The number of ether oxygens (including phenoxy) is 1. The summed E-state index contributed by atoms with van der Waals surface area (Å²) in [6.07, 6.45) is 1.47. The number of nitrogens with zero attached hydrogens (tertiary/aromatic N) is 1. The maximum absolute atomic E-state index is 12.4. The molecule has 28 heavy (non-hydrogen) atoms. The lowest BCUT2D eigenvalue weighted by atomic mass is 10.1. The smallest absolute Gasteiger partial charge is 0.257 e. The number of rotatable bonds is 6. The third-order valence-corrected chi connectivity index (χ3v) is 4.27.